The second-order valence-corrected chi connectivity index (χ2v) is 7.72. The van der Waals surface area contributed by atoms with E-state index < -0.39 is 5.91 Å². The van der Waals surface area contributed by atoms with Crippen molar-refractivity contribution in [1.29, 1.82) is 0 Å². The summed E-state index contributed by atoms with van der Waals surface area (Å²) < 4.78 is 11.2. The quantitative estimate of drug-likeness (QED) is 0.310. The summed E-state index contributed by atoms with van der Waals surface area (Å²) in [5, 5.41) is 3.68. The van der Waals surface area contributed by atoms with Gasteiger partial charge in [-0.2, -0.15) is 0 Å². The van der Waals surface area contributed by atoms with Gasteiger partial charge in [-0.25, -0.2) is 0 Å². The van der Waals surface area contributed by atoms with E-state index in [2.05, 4.69) is 5.32 Å². The van der Waals surface area contributed by atoms with Crippen LogP contribution >= 0.6 is 23.2 Å². The Morgan fingerprint density at radius 3 is 2.41 bits per heavy atom. The number of nitrogens with one attached hydrogen (secondary N) is 1. The molecule has 5 nitrogen and oxygen atoms in total. The van der Waals surface area contributed by atoms with Crippen LogP contribution in [0.5, 0.6) is 5.75 Å². The number of anilines is 1. The van der Waals surface area contributed by atoms with E-state index in [4.69, 9.17) is 32.4 Å². The average Bonchev–Trinajstić information content (AvgIpc) is 3.28. The molecule has 0 fully saturated rings. The third-order valence-corrected chi connectivity index (χ3v) is 5.04. The fraction of sp³-hybridized carbons (Fsp3) is 0.0400. The molecular formula is C25H17Cl2NO4. The molecule has 3 aromatic carbocycles. The first-order valence-corrected chi connectivity index (χ1v) is 10.4. The normalized spacial score (nSPS) is 10.6. The van der Waals surface area contributed by atoms with Crippen molar-refractivity contribution in [2.45, 2.75) is 6.61 Å². The summed E-state index contributed by atoms with van der Waals surface area (Å²) in [6.45, 7) is 0.131. The van der Waals surface area contributed by atoms with E-state index in [1.807, 2.05) is 6.07 Å². The molecule has 0 spiro atoms. The highest BCUT2D eigenvalue weighted by Gasteiger charge is 2.18. The van der Waals surface area contributed by atoms with Gasteiger partial charge in [0.15, 0.2) is 11.5 Å². The van der Waals surface area contributed by atoms with E-state index in [0.29, 0.717) is 32.8 Å². The van der Waals surface area contributed by atoms with Crippen LogP contribution in [0, 0.1) is 0 Å². The second kappa shape index (κ2) is 9.73. The lowest BCUT2D eigenvalue weighted by Crippen LogP contribution is -2.14. The van der Waals surface area contributed by atoms with Gasteiger partial charge in [-0.05, 0) is 48.5 Å². The summed E-state index contributed by atoms with van der Waals surface area (Å²) in [5.74, 6) is 0.390. The van der Waals surface area contributed by atoms with Crippen LogP contribution in [0.1, 0.15) is 32.2 Å². The average molecular weight is 466 g/mol. The Bertz CT molecular complexity index is 1270. The second-order valence-electron chi connectivity index (χ2n) is 6.85. The van der Waals surface area contributed by atoms with Crippen molar-refractivity contribution < 1.29 is 18.7 Å². The number of benzene rings is 3. The van der Waals surface area contributed by atoms with Gasteiger partial charge < -0.3 is 14.5 Å². The SMILES string of the molecule is O=C(Nc1ccc(Cl)cc1C(=O)c1ccccc1)c1ccc(COc2cccc(Cl)c2)o1. The topological polar surface area (TPSA) is 68.5 Å². The fourth-order valence-corrected chi connectivity index (χ4v) is 3.38. The van der Waals surface area contributed by atoms with Crippen LogP contribution in [-0.2, 0) is 6.61 Å². The van der Waals surface area contributed by atoms with Gasteiger partial charge in [0.25, 0.3) is 5.91 Å². The van der Waals surface area contributed by atoms with Gasteiger partial charge in [0.2, 0.25) is 0 Å². The predicted octanol–water partition coefficient (Wildman–Crippen LogP) is 6.65. The molecule has 1 heterocycles. The van der Waals surface area contributed by atoms with Crippen LogP contribution in [0.15, 0.2) is 89.3 Å². The molecule has 0 radical (unpaired) electrons. The molecule has 4 aromatic rings. The maximum absolute atomic E-state index is 12.9. The van der Waals surface area contributed by atoms with Crippen molar-refractivity contribution in [2.24, 2.45) is 0 Å². The zero-order valence-electron chi connectivity index (χ0n) is 16.7. The highest BCUT2D eigenvalue weighted by atomic mass is 35.5. The van der Waals surface area contributed by atoms with Gasteiger partial charge >= 0.3 is 0 Å². The number of ether oxygens (including phenoxy) is 1. The first kappa shape index (κ1) is 21.7. The number of amides is 1. The third-order valence-electron chi connectivity index (χ3n) is 4.57. The summed E-state index contributed by atoms with van der Waals surface area (Å²) in [5.41, 5.74) is 1.11. The van der Waals surface area contributed by atoms with Gasteiger partial charge in [-0.3, -0.25) is 9.59 Å². The smallest absolute Gasteiger partial charge is 0.291 e. The number of ketones is 1. The van der Waals surface area contributed by atoms with Crippen molar-refractivity contribution in [3.63, 3.8) is 0 Å². The minimum absolute atomic E-state index is 0.0859. The van der Waals surface area contributed by atoms with Crippen LogP contribution in [0.4, 0.5) is 5.69 Å². The van der Waals surface area contributed by atoms with Crippen molar-refractivity contribution in [2.75, 3.05) is 5.32 Å². The monoisotopic (exact) mass is 465 g/mol. The van der Waals surface area contributed by atoms with Gasteiger partial charge in [-0.15, -0.1) is 0 Å². The Kier molecular flexibility index (Phi) is 6.59. The maximum atomic E-state index is 12.9. The Morgan fingerprint density at radius 1 is 0.844 bits per heavy atom. The molecule has 1 N–H and O–H groups in total. The van der Waals surface area contributed by atoms with Gasteiger partial charge in [0.1, 0.15) is 18.1 Å². The number of hydrogen-bond donors (Lipinski definition) is 1. The van der Waals surface area contributed by atoms with E-state index in [1.54, 1.807) is 72.8 Å². The molecule has 0 bridgehead atoms. The van der Waals surface area contributed by atoms with Crippen LogP contribution in [0.2, 0.25) is 10.0 Å². The van der Waals surface area contributed by atoms with Gasteiger partial charge in [0, 0.05) is 21.2 Å². The van der Waals surface area contributed by atoms with E-state index in [1.165, 1.54) is 6.07 Å². The third kappa shape index (κ3) is 5.19. The van der Waals surface area contributed by atoms with E-state index >= 15 is 0 Å². The molecule has 0 unspecified atom stereocenters. The number of rotatable bonds is 7. The molecule has 0 aliphatic carbocycles. The molecule has 4 rings (SSSR count). The standard InChI is InChI=1S/C25H17Cl2NO4/c26-17-7-4-8-19(13-17)31-15-20-10-12-23(32-20)25(30)28-22-11-9-18(27)14-21(22)24(29)16-5-2-1-3-6-16/h1-14H,15H2,(H,28,30). The zero-order valence-corrected chi connectivity index (χ0v) is 18.2. The number of carbonyl (C=O) groups is 2. The molecule has 160 valence electrons. The molecule has 0 atom stereocenters. The van der Waals surface area contributed by atoms with Gasteiger partial charge in [0.05, 0.1) is 5.69 Å². The molecule has 0 saturated carbocycles. The zero-order chi connectivity index (χ0) is 22.5. The summed E-state index contributed by atoms with van der Waals surface area (Å²) in [6, 6.07) is 23.7. The molecule has 32 heavy (non-hydrogen) atoms. The largest absolute Gasteiger partial charge is 0.486 e. The first-order chi connectivity index (χ1) is 15.5. The molecule has 0 aliphatic heterocycles. The summed E-state index contributed by atoms with van der Waals surface area (Å²) in [4.78, 5) is 25.7. The predicted molar refractivity (Wildman–Crippen MR) is 124 cm³/mol. The lowest BCUT2D eigenvalue weighted by Gasteiger charge is -2.10. The van der Waals surface area contributed by atoms with Crippen molar-refractivity contribution in [1.82, 2.24) is 0 Å². The Morgan fingerprint density at radius 2 is 1.62 bits per heavy atom. The molecule has 7 heteroatoms. The van der Waals surface area contributed by atoms with E-state index in [0.717, 1.165) is 0 Å². The molecule has 0 saturated heterocycles. The summed E-state index contributed by atoms with van der Waals surface area (Å²) in [7, 11) is 0. The minimum Gasteiger partial charge on any atom is -0.486 e. The van der Waals surface area contributed by atoms with Crippen LogP contribution in [0.25, 0.3) is 0 Å². The molecule has 0 aliphatic rings. The Balaban J connectivity index is 1.48. The number of hydrogen-bond acceptors (Lipinski definition) is 4. The summed E-state index contributed by atoms with van der Waals surface area (Å²) in [6.07, 6.45) is 0. The fourth-order valence-electron chi connectivity index (χ4n) is 3.03. The first-order valence-electron chi connectivity index (χ1n) is 9.67. The Labute approximate surface area is 194 Å². The minimum atomic E-state index is -0.497. The van der Waals surface area contributed by atoms with Gasteiger partial charge in [-0.1, -0.05) is 59.6 Å². The van der Waals surface area contributed by atoms with Crippen molar-refractivity contribution in [3.8, 4) is 5.75 Å². The summed E-state index contributed by atoms with van der Waals surface area (Å²) >= 11 is 12.0. The number of furan rings is 1. The molecular weight excluding hydrogens is 449 g/mol. The number of carbonyl (C=O) groups excluding carboxylic acids is 2. The van der Waals surface area contributed by atoms with Crippen LogP contribution in [0.3, 0.4) is 0 Å². The van der Waals surface area contributed by atoms with Crippen LogP contribution < -0.4 is 10.1 Å². The highest BCUT2D eigenvalue weighted by Crippen LogP contribution is 2.25. The maximum Gasteiger partial charge on any atom is 0.291 e. The molecule has 1 aromatic heterocycles. The highest BCUT2D eigenvalue weighted by molar-refractivity contribution is 6.31. The van der Waals surface area contributed by atoms with E-state index in [9.17, 15) is 9.59 Å². The van der Waals surface area contributed by atoms with Crippen LogP contribution in [-0.4, -0.2) is 11.7 Å². The lowest BCUT2D eigenvalue weighted by molar-refractivity contribution is 0.0992. The number of halogens is 2. The lowest BCUT2D eigenvalue weighted by atomic mass is 10.0. The van der Waals surface area contributed by atoms with E-state index in [-0.39, 0.29) is 23.7 Å². The molecule has 1 amide bonds. The Hall–Kier alpha value is -3.54. The van der Waals surface area contributed by atoms with Crippen molar-refractivity contribution in [3.05, 3.63) is 118 Å². The van der Waals surface area contributed by atoms with Crippen molar-refractivity contribution >= 4 is 40.6 Å².